The van der Waals surface area contributed by atoms with Gasteiger partial charge >= 0.3 is 5.97 Å². The highest BCUT2D eigenvalue weighted by molar-refractivity contribution is 5.66. The van der Waals surface area contributed by atoms with Gasteiger partial charge in [0.25, 0.3) is 0 Å². The highest BCUT2D eigenvalue weighted by Gasteiger charge is 2.19. The molecule has 1 aliphatic rings. The van der Waals surface area contributed by atoms with Crippen molar-refractivity contribution in [2.45, 2.75) is 45.1 Å². The summed E-state index contributed by atoms with van der Waals surface area (Å²) in [6, 6.07) is 0. The molecule has 0 spiro atoms. The van der Waals surface area contributed by atoms with Crippen LogP contribution in [0, 0.1) is 5.92 Å². The van der Waals surface area contributed by atoms with Crippen molar-refractivity contribution in [1.82, 2.24) is 4.90 Å². The van der Waals surface area contributed by atoms with Gasteiger partial charge in [-0.15, -0.1) is 0 Å². The van der Waals surface area contributed by atoms with Crippen molar-refractivity contribution in [3.05, 3.63) is 0 Å². The maximum atomic E-state index is 10.4. The third-order valence-electron chi connectivity index (χ3n) is 3.23. The number of β-amino-alcohol motifs (C(OH)–C–C–N with tert-alkyl or cyclic N) is 1. The van der Waals surface area contributed by atoms with Crippen LogP contribution in [0.5, 0.6) is 0 Å². The number of aliphatic hydroxyl groups excluding tert-OH is 1. The van der Waals surface area contributed by atoms with Crippen molar-refractivity contribution in [1.29, 1.82) is 0 Å². The lowest BCUT2D eigenvalue weighted by Crippen LogP contribution is -2.38. The minimum atomic E-state index is -0.688. The Morgan fingerprint density at radius 3 is 2.56 bits per heavy atom. The second-order valence-electron chi connectivity index (χ2n) is 4.88. The zero-order valence-corrected chi connectivity index (χ0v) is 10.1. The fourth-order valence-corrected chi connectivity index (χ4v) is 2.37. The molecule has 2 N–H and O–H groups in total. The van der Waals surface area contributed by atoms with E-state index >= 15 is 0 Å². The molecule has 1 rings (SSSR count). The molecule has 1 saturated heterocycles. The van der Waals surface area contributed by atoms with Crippen molar-refractivity contribution < 1.29 is 15.0 Å². The van der Waals surface area contributed by atoms with E-state index in [9.17, 15) is 9.90 Å². The molecule has 0 saturated carbocycles. The SMILES string of the molecule is C[C@H](O)CN1CCC(CCCC(=O)O)CC1. The van der Waals surface area contributed by atoms with Crippen molar-refractivity contribution in [2.75, 3.05) is 19.6 Å². The number of likely N-dealkylation sites (tertiary alicyclic amines) is 1. The molecule has 0 aromatic carbocycles. The Hall–Kier alpha value is -0.610. The number of piperidine rings is 1. The lowest BCUT2D eigenvalue weighted by molar-refractivity contribution is -0.137. The van der Waals surface area contributed by atoms with Gasteiger partial charge in [0.2, 0.25) is 0 Å². The zero-order chi connectivity index (χ0) is 12.0. The number of carboxylic acids is 1. The van der Waals surface area contributed by atoms with Gasteiger partial charge in [0.1, 0.15) is 0 Å². The number of nitrogens with zero attached hydrogens (tertiary/aromatic N) is 1. The molecule has 1 atom stereocenters. The molecule has 16 heavy (non-hydrogen) atoms. The molecular weight excluding hydrogens is 206 g/mol. The molecule has 4 nitrogen and oxygen atoms in total. The highest BCUT2D eigenvalue weighted by atomic mass is 16.4. The van der Waals surface area contributed by atoms with E-state index in [1.54, 1.807) is 0 Å². The van der Waals surface area contributed by atoms with E-state index in [0.29, 0.717) is 12.3 Å². The molecule has 0 amide bonds. The Labute approximate surface area is 97.3 Å². The Morgan fingerprint density at radius 2 is 2.06 bits per heavy atom. The Bertz CT molecular complexity index is 210. The van der Waals surface area contributed by atoms with Crippen LogP contribution in [0.2, 0.25) is 0 Å². The second kappa shape index (κ2) is 6.86. The summed E-state index contributed by atoms with van der Waals surface area (Å²) < 4.78 is 0. The van der Waals surface area contributed by atoms with Gasteiger partial charge in [0.15, 0.2) is 0 Å². The van der Waals surface area contributed by atoms with Crippen molar-refractivity contribution in [2.24, 2.45) is 5.92 Å². The normalized spacial score (nSPS) is 20.9. The average Bonchev–Trinajstić information content (AvgIpc) is 2.19. The quantitative estimate of drug-likeness (QED) is 0.721. The lowest BCUT2D eigenvalue weighted by Gasteiger charge is -2.32. The Morgan fingerprint density at radius 1 is 1.44 bits per heavy atom. The van der Waals surface area contributed by atoms with Gasteiger partial charge in [-0.1, -0.05) is 0 Å². The van der Waals surface area contributed by atoms with Crippen LogP contribution in [0.3, 0.4) is 0 Å². The van der Waals surface area contributed by atoms with Crippen LogP contribution in [-0.4, -0.2) is 46.8 Å². The maximum absolute atomic E-state index is 10.4. The zero-order valence-electron chi connectivity index (χ0n) is 10.1. The number of carbonyl (C=O) groups is 1. The summed E-state index contributed by atoms with van der Waals surface area (Å²) in [5.74, 6) is -0.00357. The topological polar surface area (TPSA) is 60.8 Å². The number of hydrogen-bond donors (Lipinski definition) is 2. The van der Waals surface area contributed by atoms with Crippen molar-refractivity contribution in [3.63, 3.8) is 0 Å². The Balaban J connectivity index is 2.09. The summed E-state index contributed by atoms with van der Waals surface area (Å²) >= 11 is 0. The van der Waals surface area contributed by atoms with E-state index in [1.807, 2.05) is 6.92 Å². The summed E-state index contributed by atoms with van der Waals surface area (Å²) in [6.45, 7) is 4.67. The molecule has 4 heteroatoms. The van der Waals surface area contributed by atoms with Crippen molar-refractivity contribution >= 4 is 5.97 Å². The average molecular weight is 229 g/mol. The minimum Gasteiger partial charge on any atom is -0.481 e. The summed E-state index contributed by atoms with van der Waals surface area (Å²) in [5, 5.41) is 17.8. The number of aliphatic hydroxyl groups is 1. The van der Waals surface area contributed by atoms with E-state index in [4.69, 9.17) is 5.11 Å². The molecular formula is C12H23NO3. The van der Waals surface area contributed by atoms with Crippen LogP contribution in [0.4, 0.5) is 0 Å². The third kappa shape index (κ3) is 5.47. The number of rotatable bonds is 6. The van der Waals surface area contributed by atoms with Gasteiger partial charge in [-0.25, -0.2) is 0 Å². The summed E-state index contributed by atoms with van der Waals surface area (Å²) in [5.41, 5.74) is 0. The first-order valence-corrected chi connectivity index (χ1v) is 6.20. The van der Waals surface area contributed by atoms with Crippen LogP contribution in [0.25, 0.3) is 0 Å². The molecule has 94 valence electrons. The van der Waals surface area contributed by atoms with Gasteiger partial charge in [-0.3, -0.25) is 4.79 Å². The number of aliphatic carboxylic acids is 1. The smallest absolute Gasteiger partial charge is 0.303 e. The van der Waals surface area contributed by atoms with E-state index < -0.39 is 5.97 Å². The fraction of sp³-hybridized carbons (Fsp3) is 0.917. The molecule has 0 aromatic heterocycles. The van der Waals surface area contributed by atoms with Gasteiger partial charge < -0.3 is 15.1 Å². The summed E-state index contributed by atoms with van der Waals surface area (Å²) in [7, 11) is 0. The predicted molar refractivity (Wildman–Crippen MR) is 62.3 cm³/mol. The lowest BCUT2D eigenvalue weighted by atomic mass is 9.91. The predicted octanol–water partition coefficient (Wildman–Crippen LogP) is 1.33. The van der Waals surface area contributed by atoms with Crippen LogP contribution in [-0.2, 0) is 4.79 Å². The molecule has 0 unspecified atom stereocenters. The van der Waals surface area contributed by atoms with Crippen LogP contribution >= 0.6 is 0 Å². The molecule has 0 bridgehead atoms. The summed E-state index contributed by atoms with van der Waals surface area (Å²) in [6.07, 6.45) is 4.18. The first-order valence-electron chi connectivity index (χ1n) is 6.20. The third-order valence-corrected chi connectivity index (χ3v) is 3.23. The molecule has 1 heterocycles. The fourth-order valence-electron chi connectivity index (χ4n) is 2.37. The van der Waals surface area contributed by atoms with Gasteiger partial charge in [-0.05, 0) is 51.6 Å². The van der Waals surface area contributed by atoms with Gasteiger partial charge in [0, 0.05) is 13.0 Å². The molecule has 0 radical (unpaired) electrons. The first-order chi connectivity index (χ1) is 7.58. The summed E-state index contributed by atoms with van der Waals surface area (Å²) in [4.78, 5) is 12.7. The number of hydrogen-bond acceptors (Lipinski definition) is 3. The molecule has 1 fully saturated rings. The minimum absolute atomic E-state index is 0.247. The van der Waals surface area contributed by atoms with Gasteiger partial charge in [-0.2, -0.15) is 0 Å². The van der Waals surface area contributed by atoms with Crippen LogP contribution < -0.4 is 0 Å². The van der Waals surface area contributed by atoms with Gasteiger partial charge in [0.05, 0.1) is 6.10 Å². The van der Waals surface area contributed by atoms with Crippen LogP contribution in [0.15, 0.2) is 0 Å². The molecule has 0 aliphatic carbocycles. The highest BCUT2D eigenvalue weighted by Crippen LogP contribution is 2.22. The second-order valence-corrected chi connectivity index (χ2v) is 4.88. The Kier molecular flexibility index (Phi) is 5.77. The molecule has 1 aliphatic heterocycles. The van der Waals surface area contributed by atoms with Crippen LogP contribution in [0.1, 0.15) is 39.0 Å². The standard InChI is InChI=1S/C12H23NO3/c1-10(14)9-13-7-5-11(6-8-13)3-2-4-12(15)16/h10-11,14H,2-9H2,1H3,(H,15,16)/t10-/m0/s1. The largest absolute Gasteiger partial charge is 0.481 e. The maximum Gasteiger partial charge on any atom is 0.303 e. The molecule has 0 aromatic rings. The first kappa shape index (κ1) is 13.5. The monoisotopic (exact) mass is 229 g/mol. The van der Waals surface area contributed by atoms with E-state index in [-0.39, 0.29) is 6.10 Å². The van der Waals surface area contributed by atoms with E-state index in [1.165, 1.54) is 0 Å². The van der Waals surface area contributed by atoms with E-state index in [2.05, 4.69) is 4.90 Å². The van der Waals surface area contributed by atoms with E-state index in [0.717, 1.165) is 45.3 Å². The number of carboxylic acid groups (broad SMARTS) is 1. The van der Waals surface area contributed by atoms with Crippen molar-refractivity contribution in [3.8, 4) is 0 Å².